The minimum Gasteiger partial charge on any atom is -0.481 e. The van der Waals surface area contributed by atoms with Gasteiger partial charge in [0.05, 0.1) is 18.2 Å². The van der Waals surface area contributed by atoms with Crippen molar-refractivity contribution in [1.29, 1.82) is 0 Å². The highest BCUT2D eigenvalue weighted by Crippen LogP contribution is 2.31. The molecule has 0 spiro atoms. The van der Waals surface area contributed by atoms with Crippen molar-refractivity contribution in [3.63, 3.8) is 0 Å². The van der Waals surface area contributed by atoms with Crippen molar-refractivity contribution >= 4 is 11.9 Å². The van der Waals surface area contributed by atoms with Crippen LogP contribution in [0.1, 0.15) is 30.0 Å². The second-order valence-electron chi connectivity index (χ2n) is 8.14. The summed E-state index contributed by atoms with van der Waals surface area (Å²) in [7, 11) is 0. The van der Waals surface area contributed by atoms with Crippen LogP contribution in [0.3, 0.4) is 0 Å². The van der Waals surface area contributed by atoms with Crippen LogP contribution in [0, 0.1) is 12.3 Å². The molecule has 7 heteroatoms. The zero-order valence-electron chi connectivity index (χ0n) is 18.2. The molecule has 166 valence electrons. The maximum Gasteiger partial charge on any atom is 0.331 e. The Morgan fingerprint density at radius 3 is 2.22 bits per heavy atom. The summed E-state index contributed by atoms with van der Waals surface area (Å²) in [5.74, 6) is -2.06. The number of aromatic nitrogens is 3. The van der Waals surface area contributed by atoms with Crippen molar-refractivity contribution in [2.24, 2.45) is 5.41 Å². The van der Waals surface area contributed by atoms with Crippen molar-refractivity contribution in [2.45, 2.75) is 33.4 Å². The lowest BCUT2D eigenvalue weighted by atomic mass is 9.80. The molecule has 0 amide bonds. The third kappa shape index (κ3) is 6.07. The number of nitrogens with zero attached hydrogens (tertiary/aromatic N) is 3. The van der Waals surface area contributed by atoms with Crippen molar-refractivity contribution in [3.05, 3.63) is 102 Å². The van der Waals surface area contributed by atoms with Crippen molar-refractivity contribution in [1.82, 2.24) is 14.3 Å². The maximum atomic E-state index is 10.8. The van der Waals surface area contributed by atoms with Crippen LogP contribution in [0.25, 0.3) is 0 Å². The number of carbonyl (C=O) groups is 2. The molecule has 1 unspecified atom stereocenters. The summed E-state index contributed by atoms with van der Waals surface area (Å²) in [6.45, 7) is 5.32. The van der Waals surface area contributed by atoms with E-state index in [9.17, 15) is 9.59 Å². The highest BCUT2D eigenvalue weighted by molar-refractivity contribution is 5.90. The first-order chi connectivity index (χ1) is 15.2. The van der Waals surface area contributed by atoms with Gasteiger partial charge >= 0.3 is 11.9 Å². The first kappa shape index (κ1) is 22.8. The van der Waals surface area contributed by atoms with Gasteiger partial charge in [-0.1, -0.05) is 42.5 Å². The highest BCUT2D eigenvalue weighted by atomic mass is 16.4. The van der Waals surface area contributed by atoms with E-state index in [1.54, 1.807) is 0 Å². The molecule has 1 aromatic carbocycles. The predicted molar refractivity (Wildman–Crippen MR) is 121 cm³/mol. The summed E-state index contributed by atoms with van der Waals surface area (Å²) in [5, 5.41) is 21.8. The van der Waals surface area contributed by atoms with Gasteiger partial charge in [0.2, 0.25) is 0 Å². The van der Waals surface area contributed by atoms with E-state index in [4.69, 9.17) is 10.2 Å². The van der Waals surface area contributed by atoms with Gasteiger partial charge in [0.15, 0.2) is 0 Å². The third-order valence-electron chi connectivity index (χ3n) is 5.24. The van der Waals surface area contributed by atoms with Crippen LogP contribution in [0.5, 0.6) is 0 Å². The summed E-state index contributed by atoms with van der Waals surface area (Å²) in [4.78, 5) is 21.3. The zero-order chi connectivity index (χ0) is 23.1. The monoisotopic (exact) mass is 433 g/mol. The molecule has 4 rings (SSSR count). The predicted octanol–water partition coefficient (Wildman–Crippen LogP) is 4.14. The Labute approximate surface area is 186 Å². The number of carboxylic acid groups (broad SMARTS) is 2. The van der Waals surface area contributed by atoms with Crippen LogP contribution < -0.4 is 0 Å². The highest BCUT2D eigenvalue weighted by Gasteiger charge is 2.34. The van der Waals surface area contributed by atoms with Crippen LogP contribution in [0.15, 0.2) is 85.0 Å². The summed E-state index contributed by atoms with van der Waals surface area (Å²) in [6.07, 6.45) is 12.6. The van der Waals surface area contributed by atoms with Gasteiger partial charge < -0.3 is 14.8 Å². The molecule has 1 aliphatic carbocycles. The zero-order valence-corrected chi connectivity index (χ0v) is 18.2. The average molecular weight is 434 g/mol. The van der Waals surface area contributed by atoms with Gasteiger partial charge in [-0.25, -0.2) is 4.79 Å². The number of aryl methyl sites for hydroxylation is 1. The van der Waals surface area contributed by atoms with Gasteiger partial charge in [-0.3, -0.25) is 9.48 Å². The molecule has 2 heterocycles. The van der Waals surface area contributed by atoms with Gasteiger partial charge in [0.1, 0.15) is 0 Å². The lowest BCUT2D eigenvalue weighted by molar-refractivity contribution is -0.145. The number of rotatable bonds is 6. The Hall–Kier alpha value is -3.87. The fourth-order valence-electron chi connectivity index (χ4n) is 3.36. The summed E-state index contributed by atoms with van der Waals surface area (Å²) in [6, 6.07) is 12.8. The van der Waals surface area contributed by atoms with Gasteiger partial charge in [-0.05, 0) is 49.1 Å². The number of benzene rings is 1. The first-order valence-corrected chi connectivity index (χ1v) is 10.3. The van der Waals surface area contributed by atoms with Crippen LogP contribution in [0.2, 0.25) is 0 Å². The van der Waals surface area contributed by atoms with Crippen molar-refractivity contribution in [3.8, 4) is 0 Å². The maximum absolute atomic E-state index is 10.8. The van der Waals surface area contributed by atoms with E-state index >= 15 is 0 Å². The van der Waals surface area contributed by atoms with E-state index in [0.29, 0.717) is 0 Å². The number of aliphatic carboxylic acids is 2. The third-order valence-corrected chi connectivity index (χ3v) is 5.24. The van der Waals surface area contributed by atoms with Crippen LogP contribution in [0.4, 0.5) is 0 Å². The van der Waals surface area contributed by atoms with Crippen LogP contribution in [-0.4, -0.2) is 36.5 Å². The van der Waals surface area contributed by atoms with E-state index in [2.05, 4.69) is 71.6 Å². The Balaban J connectivity index is 0.000000195. The largest absolute Gasteiger partial charge is 0.481 e. The van der Waals surface area contributed by atoms with Gasteiger partial charge in [-0.15, -0.1) is 0 Å². The summed E-state index contributed by atoms with van der Waals surface area (Å²) in [5.41, 5.74) is 2.84. The molecule has 2 aromatic heterocycles. The lowest BCUT2D eigenvalue weighted by Gasteiger charge is -2.23. The fourth-order valence-corrected chi connectivity index (χ4v) is 3.36. The van der Waals surface area contributed by atoms with Gasteiger partial charge in [0, 0.05) is 30.7 Å². The number of hydrogen-bond donors (Lipinski definition) is 2. The molecule has 1 atom stereocenters. The topological polar surface area (TPSA) is 97.3 Å². The van der Waals surface area contributed by atoms with Crippen LogP contribution >= 0.6 is 0 Å². The molecule has 0 radical (unpaired) electrons. The molecule has 2 N–H and O–H groups in total. The normalized spacial score (nSPS) is 17.2. The summed E-state index contributed by atoms with van der Waals surface area (Å²) < 4.78 is 4.14. The molecular formula is C25H27N3O4. The number of carboxylic acids is 2. The van der Waals surface area contributed by atoms with Crippen molar-refractivity contribution in [2.75, 3.05) is 0 Å². The summed E-state index contributed by atoms with van der Waals surface area (Å²) >= 11 is 0. The molecule has 1 aliphatic rings. The molecule has 0 fully saturated rings. The first-order valence-electron chi connectivity index (χ1n) is 10.3. The SMILES string of the molecule is CC1(C(=O)O)C=CC=C(C(=O)O)C1.Cc1cnn(Cc2ccc(Cn3cccc3)cc2)c1. The number of allylic oxidation sites excluding steroid dienone is 2. The minimum atomic E-state index is -1.08. The lowest BCUT2D eigenvalue weighted by Crippen LogP contribution is -2.28. The Bertz CT molecular complexity index is 1120. The van der Waals surface area contributed by atoms with E-state index in [1.807, 2.05) is 10.9 Å². The molecule has 0 aliphatic heterocycles. The second-order valence-corrected chi connectivity index (χ2v) is 8.14. The van der Waals surface area contributed by atoms with E-state index in [0.717, 1.165) is 13.1 Å². The van der Waals surface area contributed by atoms with E-state index < -0.39 is 17.4 Å². The number of hydrogen-bond acceptors (Lipinski definition) is 3. The molecular weight excluding hydrogens is 406 g/mol. The second kappa shape index (κ2) is 9.96. The van der Waals surface area contributed by atoms with E-state index in [-0.39, 0.29) is 12.0 Å². The smallest absolute Gasteiger partial charge is 0.331 e. The quantitative estimate of drug-likeness (QED) is 0.609. The average Bonchev–Trinajstić information content (AvgIpc) is 3.41. The minimum absolute atomic E-state index is 0.0359. The van der Waals surface area contributed by atoms with Gasteiger partial charge in [-0.2, -0.15) is 5.10 Å². The van der Waals surface area contributed by atoms with Gasteiger partial charge in [0.25, 0.3) is 0 Å². The van der Waals surface area contributed by atoms with Crippen molar-refractivity contribution < 1.29 is 19.8 Å². The molecule has 32 heavy (non-hydrogen) atoms. The Kier molecular flexibility index (Phi) is 7.10. The standard InChI is InChI=1S/C16H17N3.C9H10O4/c1-14-10-17-19(11-14)13-16-6-4-15(5-7-16)12-18-8-2-3-9-18;1-9(8(12)13)4-2-3-6(5-9)7(10)11/h2-11H,12-13H2,1H3;2-4H,5H2,1H3,(H,10,11)(H,12,13). The Morgan fingerprint density at radius 1 is 1.06 bits per heavy atom. The van der Waals surface area contributed by atoms with Crippen LogP contribution in [-0.2, 0) is 22.7 Å². The molecule has 0 saturated heterocycles. The van der Waals surface area contributed by atoms with E-state index in [1.165, 1.54) is 41.8 Å². The molecule has 7 nitrogen and oxygen atoms in total. The molecule has 3 aromatic rings. The Morgan fingerprint density at radius 2 is 1.69 bits per heavy atom. The molecule has 0 saturated carbocycles. The molecule has 0 bridgehead atoms. The fraction of sp³-hybridized carbons (Fsp3) is 0.240.